The summed E-state index contributed by atoms with van der Waals surface area (Å²) in [5.41, 5.74) is 1.11. The first-order valence-electron chi connectivity index (χ1n) is 3.83. The summed E-state index contributed by atoms with van der Waals surface area (Å²) in [5, 5.41) is 1.46. The van der Waals surface area contributed by atoms with E-state index in [9.17, 15) is 0 Å². The van der Waals surface area contributed by atoms with E-state index in [4.69, 9.17) is 17.1 Å². The molecule has 0 amide bonds. The van der Waals surface area contributed by atoms with Gasteiger partial charge in [-0.1, -0.05) is 42.5 Å². The van der Waals surface area contributed by atoms with Gasteiger partial charge < -0.3 is 0 Å². The van der Waals surface area contributed by atoms with E-state index in [1.807, 2.05) is 30.3 Å². The van der Waals surface area contributed by atoms with Crippen LogP contribution in [0, 0.1) is 0 Å². The Balaban J connectivity index is 2.39. The van der Waals surface area contributed by atoms with Gasteiger partial charge in [-0.3, -0.25) is 4.84 Å². The van der Waals surface area contributed by atoms with Crippen molar-refractivity contribution < 1.29 is 4.84 Å². The van der Waals surface area contributed by atoms with Gasteiger partial charge in [0.25, 0.3) is 0 Å². The zero-order valence-electron chi connectivity index (χ0n) is 7.30. The Morgan fingerprint density at radius 3 is 2.62 bits per heavy atom. The van der Waals surface area contributed by atoms with Gasteiger partial charge in [-0.25, -0.2) is 5.06 Å². The number of rotatable bonds is 3. The van der Waals surface area contributed by atoms with Gasteiger partial charge in [0.2, 0.25) is 0 Å². The third kappa shape index (κ3) is 3.76. The lowest BCUT2D eigenvalue weighted by Gasteiger charge is -2.15. The summed E-state index contributed by atoms with van der Waals surface area (Å²) in [5.74, 6) is 0. The molecule has 4 heteroatoms. The van der Waals surface area contributed by atoms with E-state index in [2.05, 4.69) is 12.6 Å². The van der Waals surface area contributed by atoms with Crippen LogP contribution in [0.1, 0.15) is 5.56 Å². The van der Waals surface area contributed by atoms with Crippen LogP contribution < -0.4 is 0 Å². The second kappa shape index (κ2) is 5.21. The van der Waals surface area contributed by atoms with Gasteiger partial charge in [0.15, 0.2) is 4.32 Å². The average molecular weight is 213 g/mol. The zero-order valence-corrected chi connectivity index (χ0v) is 9.02. The zero-order chi connectivity index (χ0) is 9.68. The lowest BCUT2D eigenvalue weighted by molar-refractivity contribution is -0.0865. The first-order valence-corrected chi connectivity index (χ1v) is 4.69. The number of nitrogens with zero attached hydrogens (tertiary/aromatic N) is 1. The van der Waals surface area contributed by atoms with E-state index in [0.29, 0.717) is 10.9 Å². The Labute approximate surface area is 88.9 Å². The van der Waals surface area contributed by atoms with Crippen LogP contribution >= 0.6 is 24.8 Å². The highest BCUT2D eigenvalue weighted by molar-refractivity contribution is 8.10. The molecule has 0 aliphatic carbocycles. The van der Waals surface area contributed by atoms with E-state index in [-0.39, 0.29) is 0 Å². The van der Waals surface area contributed by atoms with E-state index >= 15 is 0 Å². The predicted molar refractivity (Wildman–Crippen MR) is 60.6 cm³/mol. The summed E-state index contributed by atoms with van der Waals surface area (Å²) in [7, 11) is 1.73. The lowest BCUT2D eigenvalue weighted by Crippen LogP contribution is -2.20. The molecule has 13 heavy (non-hydrogen) atoms. The number of thiocarbonyl (C=S) groups is 1. The normalized spacial score (nSPS) is 9.69. The second-order valence-electron chi connectivity index (χ2n) is 2.54. The molecule has 0 aromatic heterocycles. The minimum absolute atomic E-state index is 0.427. The maximum absolute atomic E-state index is 5.31. The molecule has 2 nitrogen and oxygen atoms in total. The van der Waals surface area contributed by atoms with Crippen molar-refractivity contribution in [3.05, 3.63) is 35.9 Å². The van der Waals surface area contributed by atoms with Crippen molar-refractivity contribution >= 4 is 29.2 Å². The molecule has 0 radical (unpaired) electrons. The Hall–Kier alpha value is -0.580. The molecule has 0 aliphatic heterocycles. The molecule has 1 aromatic rings. The monoisotopic (exact) mass is 213 g/mol. The maximum atomic E-state index is 5.31. The van der Waals surface area contributed by atoms with Gasteiger partial charge >= 0.3 is 0 Å². The van der Waals surface area contributed by atoms with Crippen molar-refractivity contribution in [1.29, 1.82) is 0 Å². The first kappa shape index (κ1) is 10.5. The minimum atomic E-state index is 0.427. The highest BCUT2D eigenvalue weighted by atomic mass is 32.1. The van der Waals surface area contributed by atoms with Crippen LogP contribution in [-0.4, -0.2) is 16.4 Å². The van der Waals surface area contributed by atoms with Crippen LogP contribution in [-0.2, 0) is 11.4 Å². The SMILES string of the molecule is CN(OCc1ccccc1)C(=S)S. The van der Waals surface area contributed by atoms with E-state index in [1.165, 1.54) is 5.06 Å². The van der Waals surface area contributed by atoms with Crippen molar-refractivity contribution in [3.63, 3.8) is 0 Å². The van der Waals surface area contributed by atoms with E-state index < -0.39 is 0 Å². The van der Waals surface area contributed by atoms with Crippen LogP contribution in [0.5, 0.6) is 0 Å². The molecular weight excluding hydrogens is 202 g/mol. The Morgan fingerprint density at radius 2 is 2.08 bits per heavy atom. The van der Waals surface area contributed by atoms with E-state index in [0.717, 1.165) is 5.56 Å². The summed E-state index contributed by atoms with van der Waals surface area (Å²) in [6, 6.07) is 9.90. The lowest BCUT2D eigenvalue weighted by atomic mass is 10.2. The summed E-state index contributed by atoms with van der Waals surface area (Å²) >= 11 is 8.77. The molecule has 0 saturated heterocycles. The molecule has 0 saturated carbocycles. The fourth-order valence-electron chi connectivity index (χ4n) is 0.801. The second-order valence-corrected chi connectivity index (χ2v) is 3.65. The van der Waals surface area contributed by atoms with Gasteiger partial charge in [0.05, 0.1) is 6.61 Å². The van der Waals surface area contributed by atoms with Crippen LogP contribution in [0.25, 0.3) is 0 Å². The Kier molecular flexibility index (Phi) is 4.21. The Morgan fingerprint density at radius 1 is 1.46 bits per heavy atom. The third-order valence-electron chi connectivity index (χ3n) is 1.54. The van der Waals surface area contributed by atoms with Crippen LogP contribution in [0.3, 0.4) is 0 Å². The number of benzene rings is 1. The van der Waals surface area contributed by atoms with Crippen LogP contribution in [0.4, 0.5) is 0 Å². The van der Waals surface area contributed by atoms with Crippen LogP contribution in [0.2, 0.25) is 0 Å². The summed E-state index contributed by atoms with van der Waals surface area (Å²) in [6.07, 6.45) is 0. The predicted octanol–water partition coefficient (Wildman–Crippen LogP) is 2.26. The van der Waals surface area contributed by atoms with Gasteiger partial charge in [0, 0.05) is 7.05 Å². The highest BCUT2D eigenvalue weighted by Crippen LogP contribution is 2.03. The quantitative estimate of drug-likeness (QED) is 0.470. The minimum Gasteiger partial charge on any atom is -0.268 e. The smallest absolute Gasteiger partial charge is 0.156 e. The van der Waals surface area contributed by atoms with Gasteiger partial charge in [-0.15, -0.1) is 12.6 Å². The van der Waals surface area contributed by atoms with Crippen molar-refractivity contribution in [3.8, 4) is 0 Å². The van der Waals surface area contributed by atoms with Crippen molar-refractivity contribution in [1.82, 2.24) is 5.06 Å². The summed E-state index contributed by atoms with van der Waals surface area (Å²) < 4.78 is 0.427. The number of hydrogen-bond donors (Lipinski definition) is 1. The van der Waals surface area contributed by atoms with Crippen molar-refractivity contribution in [2.45, 2.75) is 6.61 Å². The molecule has 0 unspecified atom stereocenters. The molecule has 0 N–H and O–H groups in total. The van der Waals surface area contributed by atoms with Crippen molar-refractivity contribution in [2.24, 2.45) is 0 Å². The van der Waals surface area contributed by atoms with Crippen molar-refractivity contribution in [2.75, 3.05) is 7.05 Å². The number of hydroxylamine groups is 2. The highest BCUT2D eigenvalue weighted by Gasteiger charge is 1.99. The van der Waals surface area contributed by atoms with Gasteiger partial charge in [0.1, 0.15) is 0 Å². The molecule has 0 atom stereocenters. The first-order chi connectivity index (χ1) is 6.20. The molecule has 0 aliphatic rings. The molecule has 0 fully saturated rings. The molecule has 0 bridgehead atoms. The summed E-state index contributed by atoms with van der Waals surface area (Å²) in [6.45, 7) is 0.512. The molecule has 1 rings (SSSR count). The number of thiol groups is 1. The standard InChI is InChI=1S/C9H11NOS2/c1-10(9(12)13)11-7-8-5-3-2-4-6-8/h2-6H,7H2,1H3,(H,12,13). The molecule has 70 valence electrons. The molecule has 0 spiro atoms. The molecule has 0 heterocycles. The fourth-order valence-corrected chi connectivity index (χ4v) is 0.911. The largest absolute Gasteiger partial charge is 0.268 e. The summed E-state index contributed by atoms with van der Waals surface area (Å²) in [4.78, 5) is 5.31. The topological polar surface area (TPSA) is 12.5 Å². The van der Waals surface area contributed by atoms with Crippen LogP contribution in [0.15, 0.2) is 30.3 Å². The van der Waals surface area contributed by atoms with Gasteiger partial charge in [-0.05, 0) is 5.56 Å². The number of hydrogen-bond acceptors (Lipinski definition) is 2. The fraction of sp³-hybridized carbons (Fsp3) is 0.222. The Bertz CT molecular complexity index is 276. The average Bonchev–Trinajstić information content (AvgIpc) is 2.15. The third-order valence-corrected chi connectivity index (χ3v) is 2.08. The molecular formula is C9H11NOS2. The molecule has 1 aromatic carbocycles. The maximum Gasteiger partial charge on any atom is 0.156 e. The van der Waals surface area contributed by atoms with E-state index in [1.54, 1.807) is 7.05 Å². The van der Waals surface area contributed by atoms with Gasteiger partial charge in [-0.2, -0.15) is 0 Å².